The van der Waals surface area contributed by atoms with Crippen LogP contribution in [0.3, 0.4) is 0 Å². The van der Waals surface area contributed by atoms with E-state index >= 15 is 0 Å². The van der Waals surface area contributed by atoms with Gasteiger partial charge in [-0.1, -0.05) is 62.0 Å². The second kappa shape index (κ2) is 10.8. The number of thioether (sulfide) groups is 1. The summed E-state index contributed by atoms with van der Waals surface area (Å²) in [7, 11) is 0. The van der Waals surface area contributed by atoms with Crippen LogP contribution in [0.4, 0.5) is 5.69 Å². The van der Waals surface area contributed by atoms with Gasteiger partial charge in [0.25, 0.3) is 0 Å². The lowest BCUT2D eigenvalue weighted by molar-refractivity contribution is -0.113. The highest BCUT2D eigenvalue weighted by Gasteiger charge is 2.20. The number of para-hydroxylation sites is 2. The Bertz CT molecular complexity index is 1020. The zero-order valence-electron chi connectivity index (χ0n) is 18.9. The number of nitrogens with zero attached hydrogens (tertiary/aromatic N) is 4. The van der Waals surface area contributed by atoms with E-state index in [0.717, 1.165) is 54.8 Å². The Morgan fingerprint density at radius 1 is 0.969 bits per heavy atom. The summed E-state index contributed by atoms with van der Waals surface area (Å²) in [5, 5.41) is 12.8. The normalized spacial score (nSPS) is 14.1. The van der Waals surface area contributed by atoms with E-state index < -0.39 is 0 Å². The minimum atomic E-state index is -0.0192. The summed E-state index contributed by atoms with van der Waals surface area (Å²) in [6.45, 7) is 7.21. The number of benzene rings is 2. The SMILES string of the molecule is CCc1cccc(CC)c1NC(=O)CSc1nnc(CN2CCCC2)n1-c1ccccc1. The summed E-state index contributed by atoms with van der Waals surface area (Å²) in [5.41, 5.74) is 4.33. The molecule has 1 aliphatic heterocycles. The van der Waals surface area contributed by atoms with Crippen LogP contribution in [0, 0.1) is 0 Å². The van der Waals surface area contributed by atoms with Gasteiger partial charge in [0.2, 0.25) is 5.91 Å². The van der Waals surface area contributed by atoms with Gasteiger partial charge in [0, 0.05) is 11.4 Å². The van der Waals surface area contributed by atoms with Crippen LogP contribution >= 0.6 is 11.8 Å². The van der Waals surface area contributed by atoms with Gasteiger partial charge in [-0.15, -0.1) is 10.2 Å². The average molecular weight is 450 g/mol. The topological polar surface area (TPSA) is 63.1 Å². The third-order valence-electron chi connectivity index (χ3n) is 5.87. The summed E-state index contributed by atoms with van der Waals surface area (Å²) in [4.78, 5) is 15.3. The first-order valence-electron chi connectivity index (χ1n) is 11.4. The minimum Gasteiger partial charge on any atom is -0.325 e. The first-order chi connectivity index (χ1) is 15.7. The van der Waals surface area contributed by atoms with Gasteiger partial charge in [-0.2, -0.15) is 0 Å². The second-order valence-electron chi connectivity index (χ2n) is 8.05. The van der Waals surface area contributed by atoms with E-state index in [0.29, 0.717) is 0 Å². The van der Waals surface area contributed by atoms with Gasteiger partial charge in [-0.05, 0) is 62.0 Å². The van der Waals surface area contributed by atoms with Gasteiger partial charge in [0.15, 0.2) is 11.0 Å². The number of likely N-dealkylation sites (tertiary alicyclic amines) is 1. The number of hydrogen-bond acceptors (Lipinski definition) is 5. The number of carbonyl (C=O) groups is 1. The number of hydrogen-bond donors (Lipinski definition) is 1. The maximum absolute atomic E-state index is 12.9. The summed E-state index contributed by atoms with van der Waals surface area (Å²) in [6, 6.07) is 16.4. The van der Waals surface area contributed by atoms with Crippen LogP contribution in [0.5, 0.6) is 0 Å². The highest BCUT2D eigenvalue weighted by Crippen LogP contribution is 2.26. The van der Waals surface area contributed by atoms with Gasteiger partial charge >= 0.3 is 0 Å². The summed E-state index contributed by atoms with van der Waals surface area (Å²) in [5.74, 6) is 1.19. The van der Waals surface area contributed by atoms with Crippen molar-refractivity contribution >= 4 is 23.4 Å². The van der Waals surface area contributed by atoms with Crippen LogP contribution in [0.25, 0.3) is 5.69 Å². The molecule has 32 heavy (non-hydrogen) atoms. The molecule has 0 atom stereocenters. The van der Waals surface area contributed by atoms with Crippen molar-refractivity contribution in [3.05, 3.63) is 65.5 Å². The molecule has 168 valence electrons. The summed E-state index contributed by atoms with van der Waals surface area (Å²) >= 11 is 1.43. The molecule has 4 rings (SSSR count). The largest absolute Gasteiger partial charge is 0.325 e. The molecule has 0 bridgehead atoms. The predicted molar refractivity (Wildman–Crippen MR) is 130 cm³/mol. The Morgan fingerprint density at radius 3 is 2.31 bits per heavy atom. The number of rotatable bonds is 9. The maximum Gasteiger partial charge on any atom is 0.234 e. The van der Waals surface area contributed by atoms with Gasteiger partial charge in [0.1, 0.15) is 0 Å². The second-order valence-corrected chi connectivity index (χ2v) is 8.99. The molecule has 1 aromatic heterocycles. The van der Waals surface area contributed by atoms with Crippen molar-refractivity contribution in [1.82, 2.24) is 19.7 Å². The smallest absolute Gasteiger partial charge is 0.234 e. The van der Waals surface area contributed by atoms with E-state index in [-0.39, 0.29) is 11.7 Å². The van der Waals surface area contributed by atoms with Crippen LogP contribution < -0.4 is 5.32 Å². The molecule has 0 radical (unpaired) electrons. The number of carbonyl (C=O) groups excluding carboxylic acids is 1. The molecular weight excluding hydrogens is 418 g/mol. The molecular formula is C25H31N5OS. The Labute approximate surface area is 194 Å². The number of anilines is 1. The first-order valence-corrected chi connectivity index (χ1v) is 12.4. The minimum absolute atomic E-state index is 0.0192. The monoisotopic (exact) mass is 449 g/mol. The Hall–Kier alpha value is -2.64. The van der Waals surface area contributed by atoms with E-state index in [2.05, 4.69) is 69.2 Å². The first kappa shape index (κ1) is 22.6. The van der Waals surface area contributed by atoms with Gasteiger partial charge in [-0.25, -0.2) is 0 Å². The van der Waals surface area contributed by atoms with E-state index in [1.165, 1.54) is 35.7 Å². The molecule has 0 spiro atoms. The molecule has 1 saturated heterocycles. The van der Waals surface area contributed by atoms with Gasteiger partial charge < -0.3 is 5.32 Å². The van der Waals surface area contributed by atoms with Gasteiger partial charge in [-0.3, -0.25) is 14.3 Å². The standard InChI is InChI=1S/C25H31N5OS/c1-3-19-11-10-12-20(4-2)24(19)26-23(31)18-32-25-28-27-22(17-29-15-8-9-16-29)30(25)21-13-6-5-7-14-21/h5-7,10-14H,3-4,8-9,15-18H2,1-2H3,(H,26,31). The molecule has 6 nitrogen and oxygen atoms in total. The molecule has 2 aromatic carbocycles. The molecule has 0 aliphatic carbocycles. The van der Waals surface area contributed by atoms with Crippen LogP contribution in [0.1, 0.15) is 43.6 Å². The molecule has 1 fully saturated rings. The number of aromatic nitrogens is 3. The van der Waals surface area contributed by atoms with Crippen LogP contribution in [-0.2, 0) is 24.2 Å². The number of amides is 1. The third kappa shape index (κ3) is 5.22. The lowest BCUT2D eigenvalue weighted by Gasteiger charge is -2.16. The zero-order valence-corrected chi connectivity index (χ0v) is 19.7. The highest BCUT2D eigenvalue weighted by atomic mass is 32.2. The molecule has 0 saturated carbocycles. The number of nitrogens with one attached hydrogen (secondary N) is 1. The van der Waals surface area contributed by atoms with Crippen molar-refractivity contribution < 1.29 is 4.79 Å². The Kier molecular flexibility index (Phi) is 7.60. The molecule has 2 heterocycles. The maximum atomic E-state index is 12.9. The van der Waals surface area contributed by atoms with Crippen molar-refractivity contribution in [2.24, 2.45) is 0 Å². The van der Waals surface area contributed by atoms with E-state index in [9.17, 15) is 4.79 Å². The van der Waals surface area contributed by atoms with Crippen molar-refractivity contribution in [3.8, 4) is 5.69 Å². The van der Waals surface area contributed by atoms with Crippen molar-refractivity contribution in [3.63, 3.8) is 0 Å². The van der Waals surface area contributed by atoms with Crippen LogP contribution in [-0.4, -0.2) is 44.4 Å². The highest BCUT2D eigenvalue weighted by molar-refractivity contribution is 7.99. The molecule has 3 aromatic rings. The Balaban J connectivity index is 1.51. The quantitative estimate of drug-likeness (QED) is 0.479. The predicted octanol–water partition coefficient (Wildman–Crippen LogP) is 4.72. The van der Waals surface area contributed by atoms with Crippen molar-refractivity contribution in [1.29, 1.82) is 0 Å². The van der Waals surface area contributed by atoms with Crippen molar-refractivity contribution in [2.45, 2.75) is 51.2 Å². The summed E-state index contributed by atoms with van der Waals surface area (Å²) < 4.78 is 2.09. The molecule has 1 amide bonds. The van der Waals surface area contributed by atoms with Gasteiger partial charge in [0.05, 0.1) is 12.3 Å². The third-order valence-corrected chi connectivity index (χ3v) is 6.80. The Morgan fingerprint density at radius 2 is 1.66 bits per heavy atom. The molecule has 1 N–H and O–H groups in total. The fraction of sp³-hybridized carbons (Fsp3) is 0.400. The molecule has 7 heteroatoms. The van der Waals surface area contributed by atoms with E-state index in [1.54, 1.807) is 0 Å². The van der Waals surface area contributed by atoms with E-state index in [4.69, 9.17) is 0 Å². The number of aryl methyl sites for hydroxylation is 2. The van der Waals surface area contributed by atoms with Crippen LogP contribution in [0.15, 0.2) is 53.7 Å². The van der Waals surface area contributed by atoms with Crippen molar-refractivity contribution in [2.75, 3.05) is 24.2 Å². The molecule has 1 aliphatic rings. The van der Waals surface area contributed by atoms with E-state index in [1.807, 2.05) is 18.2 Å². The average Bonchev–Trinajstić information content (AvgIpc) is 3.48. The summed E-state index contributed by atoms with van der Waals surface area (Å²) in [6.07, 6.45) is 4.25. The lowest BCUT2D eigenvalue weighted by Crippen LogP contribution is -2.21. The fourth-order valence-corrected chi connectivity index (χ4v) is 4.95. The van der Waals surface area contributed by atoms with Crippen LogP contribution in [0.2, 0.25) is 0 Å². The molecule has 0 unspecified atom stereocenters. The lowest BCUT2D eigenvalue weighted by atomic mass is 10.0. The zero-order chi connectivity index (χ0) is 22.3. The fourth-order valence-electron chi connectivity index (χ4n) is 4.18.